The minimum Gasteiger partial charge on any atom is -0.393 e. The van der Waals surface area contributed by atoms with Gasteiger partial charge in [0, 0.05) is 19.6 Å². The number of nitrogens with zero attached hydrogens (tertiary/aromatic N) is 1. The van der Waals surface area contributed by atoms with Gasteiger partial charge in [-0.1, -0.05) is 44.2 Å². The summed E-state index contributed by atoms with van der Waals surface area (Å²) in [6.45, 7) is 5.33. The Hall–Kier alpha value is -2.08. The van der Waals surface area contributed by atoms with Crippen LogP contribution in [-0.2, 0) is 11.3 Å². The average Bonchev–Trinajstić information content (AvgIpc) is 2.58. The van der Waals surface area contributed by atoms with E-state index in [2.05, 4.69) is 10.6 Å². The van der Waals surface area contributed by atoms with Crippen LogP contribution in [0, 0.1) is 5.92 Å². The number of amides is 3. The minimum absolute atomic E-state index is 0.00757. The molecule has 1 aromatic carbocycles. The summed E-state index contributed by atoms with van der Waals surface area (Å²) in [5.41, 5.74) is 1.00. The number of urea groups is 1. The Morgan fingerprint density at radius 3 is 2.42 bits per heavy atom. The van der Waals surface area contributed by atoms with Gasteiger partial charge < -0.3 is 20.6 Å². The Bertz CT molecular complexity index is 540. The van der Waals surface area contributed by atoms with Crippen LogP contribution in [0.5, 0.6) is 0 Å². The van der Waals surface area contributed by atoms with E-state index in [-0.39, 0.29) is 24.0 Å². The molecule has 0 bridgehead atoms. The van der Waals surface area contributed by atoms with Crippen LogP contribution in [0.3, 0.4) is 0 Å². The zero-order valence-corrected chi connectivity index (χ0v) is 14.4. The number of carbonyl (C=O) groups excluding carboxylic acids is 2. The Morgan fingerprint density at radius 2 is 1.83 bits per heavy atom. The SMILES string of the molecule is CC(C)C(NC(=O)NCc1ccccc1)C(=O)N1CCC(O)CC1. The molecule has 3 N–H and O–H groups in total. The smallest absolute Gasteiger partial charge is 0.315 e. The van der Waals surface area contributed by atoms with Gasteiger partial charge in [0.05, 0.1) is 6.10 Å². The van der Waals surface area contributed by atoms with Crippen LogP contribution in [0.2, 0.25) is 0 Å². The molecule has 0 saturated carbocycles. The minimum atomic E-state index is -0.559. The van der Waals surface area contributed by atoms with E-state index in [9.17, 15) is 14.7 Å². The third-order valence-corrected chi connectivity index (χ3v) is 4.29. The molecule has 24 heavy (non-hydrogen) atoms. The first-order chi connectivity index (χ1) is 11.5. The van der Waals surface area contributed by atoms with Gasteiger partial charge in [-0.3, -0.25) is 4.79 Å². The Balaban J connectivity index is 1.88. The lowest BCUT2D eigenvalue weighted by molar-refractivity contribution is -0.136. The van der Waals surface area contributed by atoms with Crippen molar-refractivity contribution < 1.29 is 14.7 Å². The topological polar surface area (TPSA) is 81.7 Å². The van der Waals surface area contributed by atoms with E-state index in [4.69, 9.17) is 0 Å². The molecule has 132 valence electrons. The summed E-state index contributed by atoms with van der Waals surface area (Å²) in [4.78, 5) is 26.5. The fraction of sp³-hybridized carbons (Fsp3) is 0.556. The number of likely N-dealkylation sites (tertiary alicyclic amines) is 1. The van der Waals surface area contributed by atoms with Gasteiger partial charge >= 0.3 is 6.03 Å². The summed E-state index contributed by atoms with van der Waals surface area (Å²) < 4.78 is 0. The van der Waals surface area contributed by atoms with E-state index in [0.717, 1.165) is 5.56 Å². The molecule has 2 rings (SSSR count). The van der Waals surface area contributed by atoms with E-state index in [1.807, 2.05) is 44.2 Å². The number of hydrogen-bond acceptors (Lipinski definition) is 3. The monoisotopic (exact) mass is 333 g/mol. The highest BCUT2D eigenvalue weighted by Crippen LogP contribution is 2.14. The number of aliphatic hydroxyl groups is 1. The van der Waals surface area contributed by atoms with Crippen molar-refractivity contribution >= 4 is 11.9 Å². The van der Waals surface area contributed by atoms with Crippen LogP contribution in [0.1, 0.15) is 32.3 Å². The van der Waals surface area contributed by atoms with Crippen molar-refractivity contribution in [3.63, 3.8) is 0 Å². The van der Waals surface area contributed by atoms with Gasteiger partial charge in [0.1, 0.15) is 6.04 Å². The molecule has 0 radical (unpaired) electrons. The first kappa shape index (κ1) is 18.3. The number of aliphatic hydroxyl groups excluding tert-OH is 1. The van der Waals surface area contributed by atoms with Gasteiger partial charge in [-0.2, -0.15) is 0 Å². The van der Waals surface area contributed by atoms with Crippen LogP contribution in [0.4, 0.5) is 4.79 Å². The highest BCUT2D eigenvalue weighted by molar-refractivity contribution is 5.87. The molecule has 0 aromatic heterocycles. The van der Waals surface area contributed by atoms with Crippen molar-refractivity contribution in [2.45, 2.75) is 45.4 Å². The van der Waals surface area contributed by atoms with Crippen LogP contribution in [0.25, 0.3) is 0 Å². The van der Waals surface area contributed by atoms with Gasteiger partial charge in [-0.15, -0.1) is 0 Å². The zero-order valence-electron chi connectivity index (χ0n) is 14.4. The molecule has 1 saturated heterocycles. The predicted octanol–water partition coefficient (Wildman–Crippen LogP) is 1.49. The second-order valence-electron chi connectivity index (χ2n) is 6.59. The number of nitrogens with one attached hydrogen (secondary N) is 2. The second kappa shape index (κ2) is 8.68. The van der Waals surface area contributed by atoms with Gasteiger partial charge in [0.2, 0.25) is 5.91 Å². The molecule has 0 aliphatic carbocycles. The van der Waals surface area contributed by atoms with Crippen LogP contribution in [0.15, 0.2) is 30.3 Å². The number of piperidine rings is 1. The highest BCUT2D eigenvalue weighted by atomic mass is 16.3. The van der Waals surface area contributed by atoms with Crippen molar-refractivity contribution in [2.24, 2.45) is 5.92 Å². The standard InChI is InChI=1S/C18H27N3O3/c1-13(2)16(17(23)21-10-8-15(22)9-11-21)20-18(24)19-12-14-6-4-3-5-7-14/h3-7,13,15-16,22H,8-12H2,1-2H3,(H2,19,20,24). The maximum absolute atomic E-state index is 12.7. The number of benzene rings is 1. The first-order valence-corrected chi connectivity index (χ1v) is 8.52. The molecule has 1 aliphatic heterocycles. The quantitative estimate of drug-likeness (QED) is 0.764. The van der Waals surface area contributed by atoms with E-state index >= 15 is 0 Å². The lowest BCUT2D eigenvalue weighted by Gasteiger charge is -2.34. The van der Waals surface area contributed by atoms with E-state index < -0.39 is 6.04 Å². The molecule has 6 nitrogen and oxygen atoms in total. The highest BCUT2D eigenvalue weighted by Gasteiger charge is 2.30. The molecule has 3 amide bonds. The molecule has 1 unspecified atom stereocenters. The van der Waals surface area contributed by atoms with E-state index in [1.165, 1.54) is 0 Å². The molecule has 1 atom stereocenters. The van der Waals surface area contributed by atoms with E-state index in [1.54, 1.807) is 4.90 Å². The lowest BCUT2D eigenvalue weighted by atomic mass is 10.0. The average molecular weight is 333 g/mol. The fourth-order valence-corrected chi connectivity index (χ4v) is 2.77. The van der Waals surface area contributed by atoms with Gasteiger partial charge in [0.25, 0.3) is 0 Å². The largest absolute Gasteiger partial charge is 0.393 e. The Morgan fingerprint density at radius 1 is 1.21 bits per heavy atom. The third kappa shape index (κ3) is 5.23. The summed E-state index contributed by atoms with van der Waals surface area (Å²) in [6.07, 6.45) is 0.863. The molecule has 1 aliphatic rings. The molecule has 1 heterocycles. The molecule has 1 fully saturated rings. The molecular weight excluding hydrogens is 306 g/mol. The van der Waals surface area contributed by atoms with Crippen molar-refractivity contribution in [2.75, 3.05) is 13.1 Å². The normalized spacial score (nSPS) is 16.8. The Kier molecular flexibility index (Phi) is 6.61. The van der Waals surface area contributed by atoms with Gasteiger partial charge in [-0.25, -0.2) is 4.79 Å². The fourth-order valence-electron chi connectivity index (χ4n) is 2.77. The lowest BCUT2D eigenvalue weighted by Crippen LogP contribution is -2.55. The Labute approximate surface area is 143 Å². The summed E-state index contributed by atoms with van der Waals surface area (Å²) in [6, 6.07) is 8.72. The summed E-state index contributed by atoms with van der Waals surface area (Å²) in [7, 11) is 0. The van der Waals surface area contributed by atoms with Crippen molar-refractivity contribution in [3.05, 3.63) is 35.9 Å². The second-order valence-corrected chi connectivity index (χ2v) is 6.59. The molecule has 0 spiro atoms. The van der Waals surface area contributed by atoms with Crippen molar-refractivity contribution in [1.82, 2.24) is 15.5 Å². The van der Waals surface area contributed by atoms with Crippen LogP contribution in [-0.4, -0.2) is 47.2 Å². The van der Waals surface area contributed by atoms with Gasteiger partial charge in [-0.05, 0) is 24.3 Å². The number of carbonyl (C=O) groups is 2. The first-order valence-electron chi connectivity index (χ1n) is 8.52. The third-order valence-electron chi connectivity index (χ3n) is 4.29. The van der Waals surface area contributed by atoms with Crippen molar-refractivity contribution in [1.29, 1.82) is 0 Å². The number of hydrogen-bond donors (Lipinski definition) is 3. The summed E-state index contributed by atoms with van der Waals surface area (Å²) >= 11 is 0. The van der Waals surface area contributed by atoms with Gasteiger partial charge in [0.15, 0.2) is 0 Å². The summed E-state index contributed by atoms with van der Waals surface area (Å²) in [5, 5.41) is 15.1. The summed E-state index contributed by atoms with van der Waals surface area (Å²) in [5.74, 6) is -0.0846. The number of rotatable bonds is 5. The molecule has 6 heteroatoms. The predicted molar refractivity (Wildman–Crippen MR) is 92.3 cm³/mol. The maximum Gasteiger partial charge on any atom is 0.315 e. The zero-order chi connectivity index (χ0) is 17.5. The van der Waals surface area contributed by atoms with Crippen LogP contribution >= 0.6 is 0 Å². The molecule has 1 aromatic rings. The molecular formula is C18H27N3O3. The van der Waals surface area contributed by atoms with Crippen LogP contribution < -0.4 is 10.6 Å². The van der Waals surface area contributed by atoms with E-state index in [0.29, 0.717) is 32.5 Å². The maximum atomic E-state index is 12.7. The van der Waals surface area contributed by atoms with Crippen molar-refractivity contribution in [3.8, 4) is 0 Å².